The maximum Gasteiger partial charge on any atom is 0.258 e. The Hall–Kier alpha value is -4.78. The molecule has 204 valence electrons. The topological polar surface area (TPSA) is 127 Å². The van der Waals surface area contributed by atoms with Gasteiger partial charge in [-0.3, -0.25) is 4.79 Å². The van der Waals surface area contributed by atoms with Crippen LogP contribution in [0.3, 0.4) is 0 Å². The molecule has 1 aliphatic rings. The van der Waals surface area contributed by atoms with E-state index in [1.54, 1.807) is 37.0 Å². The van der Waals surface area contributed by atoms with Gasteiger partial charge in [0.15, 0.2) is 23.0 Å². The first-order valence-corrected chi connectivity index (χ1v) is 12.1. The van der Waals surface area contributed by atoms with Crippen LogP contribution in [0.15, 0.2) is 52.6 Å². The minimum atomic E-state index is -0.853. The molecule has 10 nitrogen and oxygen atoms in total. The van der Waals surface area contributed by atoms with Crippen molar-refractivity contribution in [3.05, 3.63) is 80.6 Å². The SMILES string of the molecule is COc1ccc(CCn2c(C)cc3c(c2=O)C(c2cc(OC)c(OC)cc2OC)C(C#N)=C(N)O3)cc1OC. The molecule has 1 aromatic heterocycles. The maximum absolute atomic E-state index is 14.1. The Kier molecular flexibility index (Phi) is 7.91. The number of benzene rings is 2. The van der Waals surface area contributed by atoms with Crippen molar-refractivity contribution in [2.24, 2.45) is 5.73 Å². The predicted molar refractivity (Wildman–Crippen MR) is 144 cm³/mol. The summed E-state index contributed by atoms with van der Waals surface area (Å²) in [6.07, 6.45) is 0.550. The molecule has 0 spiro atoms. The van der Waals surface area contributed by atoms with Crippen LogP contribution in [0.4, 0.5) is 0 Å². The second-order valence-electron chi connectivity index (χ2n) is 8.83. The minimum absolute atomic E-state index is 0.0753. The lowest BCUT2D eigenvalue weighted by atomic mass is 9.83. The molecule has 1 atom stereocenters. The van der Waals surface area contributed by atoms with Gasteiger partial charge in [-0.05, 0) is 37.1 Å². The number of hydrogen-bond donors (Lipinski definition) is 1. The van der Waals surface area contributed by atoms with E-state index in [2.05, 4.69) is 6.07 Å². The minimum Gasteiger partial charge on any atom is -0.496 e. The second kappa shape index (κ2) is 11.3. The molecule has 2 heterocycles. The van der Waals surface area contributed by atoms with Crippen molar-refractivity contribution in [3.8, 4) is 40.6 Å². The van der Waals surface area contributed by atoms with E-state index in [1.807, 2.05) is 25.1 Å². The molecule has 0 fully saturated rings. The molecule has 10 heteroatoms. The lowest BCUT2D eigenvalue weighted by Crippen LogP contribution is -2.33. The molecule has 1 aliphatic heterocycles. The van der Waals surface area contributed by atoms with E-state index in [9.17, 15) is 10.1 Å². The van der Waals surface area contributed by atoms with Crippen LogP contribution in [0.2, 0.25) is 0 Å². The summed E-state index contributed by atoms with van der Waals surface area (Å²) in [7, 11) is 7.68. The number of fused-ring (bicyclic) bond motifs is 1. The zero-order valence-electron chi connectivity index (χ0n) is 22.8. The summed E-state index contributed by atoms with van der Waals surface area (Å²) >= 11 is 0. The summed E-state index contributed by atoms with van der Waals surface area (Å²) in [5.41, 5.74) is 8.43. The van der Waals surface area contributed by atoms with E-state index in [0.717, 1.165) is 5.56 Å². The highest BCUT2D eigenvalue weighted by molar-refractivity contribution is 5.61. The largest absolute Gasteiger partial charge is 0.496 e. The highest BCUT2D eigenvalue weighted by atomic mass is 16.5. The number of methoxy groups -OCH3 is 5. The van der Waals surface area contributed by atoms with E-state index >= 15 is 0 Å². The number of aromatic nitrogens is 1. The van der Waals surface area contributed by atoms with E-state index in [1.165, 1.54) is 21.3 Å². The fourth-order valence-electron chi connectivity index (χ4n) is 4.83. The third kappa shape index (κ3) is 4.91. The van der Waals surface area contributed by atoms with Crippen molar-refractivity contribution < 1.29 is 28.4 Å². The molecular formula is C29H31N3O7. The van der Waals surface area contributed by atoms with Crippen LogP contribution in [0, 0.1) is 18.3 Å². The lowest BCUT2D eigenvalue weighted by Gasteiger charge is -2.28. The Morgan fingerprint density at radius 3 is 2.13 bits per heavy atom. The van der Waals surface area contributed by atoms with Crippen LogP contribution in [0.25, 0.3) is 0 Å². The number of aryl methyl sites for hydroxylation is 2. The van der Waals surface area contributed by atoms with E-state index in [0.29, 0.717) is 58.7 Å². The lowest BCUT2D eigenvalue weighted by molar-refractivity contribution is 0.346. The fraction of sp³-hybridized carbons (Fsp3) is 0.310. The molecule has 2 aromatic carbocycles. The molecule has 2 N–H and O–H groups in total. The highest BCUT2D eigenvalue weighted by Crippen LogP contribution is 2.46. The van der Waals surface area contributed by atoms with Crippen molar-refractivity contribution in [3.63, 3.8) is 0 Å². The van der Waals surface area contributed by atoms with Gasteiger partial charge in [0.25, 0.3) is 5.56 Å². The third-order valence-electron chi connectivity index (χ3n) is 6.81. The van der Waals surface area contributed by atoms with Gasteiger partial charge in [0.05, 0.1) is 47.0 Å². The van der Waals surface area contributed by atoms with Gasteiger partial charge >= 0.3 is 0 Å². The molecule has 4 rings (SSSR count). The number of allylic oxidation sites excluding steroid dienone is 1. The first kappa shape index (κ1) is 27.3. The summed E-state index contributed by atoms with van der Waals surface area (Å²) in [5, 5.41) is 10.1. The smallest absolute Gasteiger partial charge is 0.258 e. The average Bonchev–Trinajstić information content (AvgIpc) is 2.95. The van der Waals surface area contributed by atoms with Crippen molar-refractivity contribution in [2.45, 2.75) is 25.8 Å². The first-order valence-electron chi connectivity index (χ1n) is 12.1. The molecule has 0 aliphatic carbocycles. The van der Waals surface area contributed by atoms with Crippen LogP contribution in [-0.4, -0.2) is 40.1 Å². The molecule has 1 unspecified atom stereocenters. The molecular weight excluding hydrogens is 502 g/mol. The van der Waals surface area contributed by atoms with Crippen LogP contribution >= 0.6 is 0 Å². The molecule has 0 saturated carbocycles. The zero-order valence-corrected chi connectivity index (χ0v) is 22.8. The zero-order chi connectivity index (χ0) is 28.3. The molecule has 0 bridgehead atoms. The summed E-state index contributed by atoms with van der Waals surface area (Å²) in [6, 6.07) is 12.9. The Bertz CT molecular complexity index is 1540. The summed E-state index contributed by atoms with van der Waals surface area (Å²) in [4.78, 5) is 14.1. The summed E-state index contributed by atoms with van der Waals surface area (Å²) in [5.74, 6) is 1.86. The van der Waals surface area contributed by atoms with Crippen molar-refractivity contribution >= 4 is 0 Å². The van der Waals surface area contributed by atoms with E-state index in [4.69, 9.17) is 34.2 Å². The molecule has 0 saturated heterocycles. The van der Waals surface area contributed by atoms with Crippen molar-refractivity contribution in [1.29, 1.82) is 5.26 Å². The number of nitrogens with zero attached hydrogens (tertiary/aromatic N) is 2. The Labute approximate surface area is 226 Å². The molecule has 0 radical (unpaired) electrons. The fourth-order valence-corrected chi connectivity index (χ4v) is 4.83. The van der Waals surface area contributed by atoms with Crippen molar-refractivity contribution in [1.82, 2.24) is 4.57 Å². The number of nitrogens with two attached hydrogens (primary N) is 1. The van der Waals surface area contributed by atoms with Crippen LogP contribution in [-0.2, 0) is 13.0 Å². The van der Waals surface area contributed by atoms with Gasteiger partial charge in [-0.1, -0.05) is 6.07 Å². The third-order valence-corrected chi connectivity index (χ3v) is 6.81. The van der Waals surface area contributed by atoms with Gasteiger partial charge < -0.3 is 38.7 Å². The second-order valence-corrected chi connectivity index (χ2v) is 8.83. The van der Waals surface area contributed by atoms with Gasteiger partial charge in [-0.25, -0.2) is 0 Å². The monoisotopic (exact) mass is 533 g/mol. The Balaban J connectivity index is 1.85. The van der Waals surface area contributed by atoms with Gasteiger partial charge in [0.1, 0.15) is 23.1 Å². The number of hydrogen-bond acceptors (Lipinski definition) is 9. The normalized spacial score (nSPS) is 14.1. The van der Waals surface area contributed by atoms with E-state index < -0.39 is 5.92 Å². The average molecular weight is 534 g/mol. The Morgan fingerprint density at radius 2 is 1.51 bits per heavy atom. The standard InChI is InChI=1S/C29H31N3O7/c1-16-11-25-27(29(33)32(16)10-9-17-7-8-20(34-2)22(12-17)36-4)26(19(15-30)28(31)39-25)18-13-23(37-5)24(38-6)14-21(18)35-3/h7-8,11-14,26H,9-10,31H2,1-6H3. The molecule has 0 amide bonds. The number of nitriles is 1. The van der Waals surface area contributed by atoms with Gasteiger partial charge in [0.2, 0.25) is 5.88 Å². The quantitative estimate of drug-likeness (QED) is 0.438. The van der Waals surface area contributed by atoms with E-state index in [-0.39, 0.29) is 22.6 Å². The highest BCUT2D eigenvalue weighted by Gasteiger charge is 2.36. The number of rotatable bonds is 9. The van der Waals surface area contributed by atoms with Crippen molar-refractivity contribution in [2.75, 3.05) is 35.5 Å². The summed E-state index contributed by atoms with van der Waals surface area (Å²) < 4.78 is 34.8. The number of ether oxygens (including phenoxy) is 6. The van der Waals surface area contributed by atoms with Crippen LogP contribution in [0.1, 0.15) is 28.3 Å². The Morgan fingerprint density at radius 1 is 0.897 bits per heavy atom. The molecule has 39 heavy (non-hydrogen) atoms. The van der Waals surface area contributed by atoms with Crippen LogP contribution < -0.4 is 39.7 Å². The predicted octanol–water partition coefficient (Wildman–Crippen LogP) is 3.66. The van der Waals surface area contributed by atoms with Gasteiger partial charge in [-0.2, -0.15) is 5.26 Å². The maximum atomic E-state index is 14.1. The first-order chi connectivity index (χ1) is 18.8. The molecule has 3 aromatic rings. The summed E-state index contributed by atoms with van der Waals surface area (Å²) in [6.45, 7) is 2.20. The number of pyridine rings is 1. The van der Waals surface area contributed by atoms with Crippen LogP contribution in [0.5, 0.6) is 34.5 Å². The van der Waals surface area contributed by atoms with Gasteiger partial charge in [0, 0.05) is 29.9 Å². The van der Waals surface area contributed by atoms with Gasteiger partial charge in [-0.15, -0.1) is 0 Å².